The van der Waals surface area contributed by atoms with Crippen LogP contribution in [-0.4, -0.2) is 25.2 Å². The molecule has 3 nitrogen and oxygen atoms in total. The topological polar surface area (TPSA) is 33.6 Å². The molecule has 1 N–H and O–H groups in total. The number of rotatable bonds is 1. The van der Waals surface area contributed by atoms with Gasteiger partial charge in [0.15, 0.2) is 0 Å². The predicted molar refractivity (Wildman–Crippen MR) is 80.3 cm³/mol. The third kappa shape index (κ3) is 3.28. The van der Waals surface area contributed by atoms with Crippen molar-refractivity contribution in [3.8, 4) is 0 Å². The molecule has 19 heavy (non-hydrogen) atoms. The highest BCUT2D eigenvalue weighted by Crippen LogP contribution is 2.33. The first kappa shape index (κ1) is 13.9. The molecule has 1 heterocycles. The van der Waals surface area contributed by atoms with Gasteiger partial charge in [-0.05, 0) is 37.3 Å². The molecular weight excluding hydrogens is 236 g/mol. The number of aliphatic imine (C=N–C) groups is 1. The number of hydrogen-bond acceptors (Lipinski definition) is 3. The minimum absolute atomic E-state index is 0.375. The van der Waals surface area contributed by atoms with Gasteiger partial charge in [-0.2, -0.15) is 0 Å². The maximum absolute atomic E-state index is 5.42. The highest BCUT2D eigenvalue weighted by molar-refractivity contribution is 5.76. The molecule has 104 valence electrons. The standard InChI is InChI=1S/C14H18N2O.C2H6/c1-10-2-4-11-5-7-13(12(11)6-3-10)16-14-15-8-9-17-14;1-2/h3-4,6,13H,2,5,7-9H2,1H3,(H,15,16);1-2H3. The van der Waals surface area contributed by atoms with Crippen molar-refractivity contribution in [1.29, 1.82) is 0 Å². The monoisotopic (exact) mass is 260 g/mol. The molecule has 3 aliphatic rings. The van der Waals surface area contributed by atoms with Gasteiger partial charge in [-0.1, -0.05) is 37.6 Å². The van der Waals surface area contributed by atoms with Gasteiger partial charge in [0.25, 0.3) is 6.02 Å². The van der Waals surface area contributed by atoms with Crippen molar-refractivity contribution in [3.63, 3.8) is 0 Å². The summed E-state index contributed by atoms with van der Waals surface area (Å²) in [6.07, 6.45) is 10.2. The average Bonchev–Trinajstić information content (AvgIpc) is 3.03. The summed E-state index contributed by atoms with van der Waals surface area (Å²) in [5.74, 6) is 0. The molecule has 1 atom stereocenters. The Morgan fingerprint density at radius 2 is 2.16 bits per heavy atom. The van der Waals surface area contributed by atoms with E-state index in [0.29, 0.717) is 6.04 Å². The van der Waals surface area contributed by atoms with E-state index in [4.69, 9.17) is 4.74 Å². The van der Waals surface area contributed by atoms with Crippen molar-refractivity contribution >= 4 is 6.02 Å². The maximum Gasteiger partial charge on any atom is 0.285 e. The van der Waals surface area contributed by atoms with Gasteiger partial charge >= 0.3 is 0 Å². The van der Waals surface area contributed by atoms with Crippen molar-refractivity contribution in [1.82, 2.24) is 5.32 Å². The van der Waals surface area contributed by atoms with Crippen LogP contribution in [0.1, 0.15) is 40.0 Å². The first-order chi connectivity index (χ1) is 9.33. The van der Waals surface area contributed by atoms with Crippen molar-refractivity contribution < 1.29 is 4.74 Å². The summed E-state index contributed by atoms with van der Waals surface area (Å²) < 4.78 is 5.42. The number of nitrogens with one attached hydrogen (secondary N) is 1. The van der Waals surface area contributed by atoms with Crippen LogP contribution >= 0.6 is 0 Å². The van der Waals surface area contributed by atoms with Gasteiger partial charge < -0.3 is 10.1 Å². The van der Waals surface area contributed by atoms with Gasteiger partial charge in [0.1, 0.15) is 6.61 Å². The van der Waals surface area contributed by atoms with Crippen molar-refractivity contribution in [2.45, 2.75) is 46.1 Å². The van der Waals surface area contributed by atoms with Crippen LogP contribution < -0.4 is 5.32 Å². The molecule has 0 aromatic heterocycles. The number of allylic oxidation sites excluding steroid dienone is 4. The van der Waals surface area contributed by atoms with Crippen LogP contribution in [0.2, 0.25) is 0 Å². The van der Waals surface area contributed by atoms with Gasteiger partial charge in [-0.15, -0.1) is 0 Å². The van der Waals surface area contributed by atoms with E-state index in [1.54, 1.807) is 0 Å². The van der Waals surface area contributed by atoms with Gasteiger partial charge in [0.2, 0.25) is 0 Å². The van der Waals surface area contributed by atoms with Gasteiger partial charge in [-0.3, -0.25) is 0 Å². The first-order valence-electron chi connectivity index (χ1n) is 7.33. The first-order valence-corrected chi connectivity index (χ1v) is 7.33. The van der Waals surface area contributed by atoms with Crippen LogP contribution in [0.25, 0.3) is 0 Å². The number of nitrogens with zero attached hydrogens (tertiary/aromatic N) is 1. The summed E-state index contributed by atoms with van der Waals surface area (Å²) in [5, 5.41) is 3.41. The van der Waals surface area contributed by atoms with E-state index < -0.39 is 0 Å². The Morgan fingerprint density at radius 1 is 1.32 bits per heavy atom. The normalized spacial score (nSPS) is 24.7. The van der Waals surface area contributed by atoms with E-state index in [-0.39, 0.29) is 0 Å². The summed E-state index contributed by atoms with van der Waals surface area (Å²) in [6, 6.07) is 1.10. The molecule has 0 saturated heterocycles. The van der Waals surface area contributed by atoms with Gasteiger partial charge in [-0.25, -0.2) is 4.99 Å². The van der Waals surface area contributed by atoms with Gasteiger partial charge in [0, 0.05) is 0 Å². The molecule has 3 heteroatoms. The maximum atomic E-state index is 5.42. The number of fused-ring (bicyclic) bond motifs is 1. The summed E-state index contributed by atoms with van der Waals surface area (Å²) in [5.41, 5.74) is 4.34. The molecule has 3 rings (SSSR count). The molecule has 0 spiro atoms. The lowest BCUT2D eigenvalue weighted by molar-refractivity contribution is 0.328. The fraction of sp³-hybridized carbons (Fsp3) is 0.562. The fourth-order valence-corrected chi connectivity index (χ4v) is 2.57. The van der Waals surface area contributed by atoms with E-state index in [1.807, 2.05) is 13.8 Å². The van der Waals surface area contributed by atoms with Crippen LogP contribution in [0.15, 0.2) is 39.9 Å². The smallest absolute Gasteiger partial charge is 0.285 e. The van der Waals surface area contributed by atoms with E-state index in [2.05, 4.69) is 35.5 Å². The van der Waals surface area contributed by atoms with Crippen LogP contribution in [0.3, 0.4) is 0 Å². The Hall–Kier alpha value is -1.51. The third-order valence-corrected chi connectivity index (χ3v) is 3.55. The molecule has 0 aromatic carbocycles. The minimum atomic E-state index is 0.375. The second-order valence-electron chi connectivity index (χ2n) is 4.84. The SMILES string of the molecule is CC.CC1=CC=C2C(=CC1)CCC2NC1=NCCO1. The highest BCUT2D eigenvalue weighted by atomic mass is 16.5. The Morgan fingerprint density at radius 3 is 2.89 bits per heavy atom. The molecule has 2 aliphatic carbocycles. The fourth-order valence-electron chi connectivity index (χ4n) is 2.57. The Balaban J connectivity index is 0.000000637. The summed E-state index contributed by atoms with van der Waals surface area (Å²) in [7, 11) is 0. The van der Waals surface area contributed by atoms with E-state index in [0.717, 1.165) is 38.4 Å². The Bertz CT molecular complexity index is 444. The van der Waals surface area contributed by atoms with Crippen LogP contribution in [-0.2, 0) is 4.74 Å². The van der Waals surface area contributed by atoms with E-state index in [9.17, 15) is 0 Å². The van der Waals surface area contributed by atoms with Crippen molar-refractivity contribution in [2.75, 3.05) is 13.2 Å². The molecule has 1 saturated carbocycles. The van der Waals surface area contributed by atoms with Crippen LogP contribution in [0.4, 0.5) is 0 Å². The summed E-state index contributed by atoms with van der Waals surface area (Å²) in [4.78, 5) is 4.30. The van der Waals surface area contributed by atoms with Crippen molar-refractivity contribution in [3.05, 3.63) is 34.9 Å². The van der Waals surface area contributed by atoms with Gasteiger partial charge in [0.05, 0.1) is 12.6 Å². The summed E-state index contributed by atoms with van der Waals surface area (Å²) in [6.45, 7) is 7.69. The Labute approximate surface area is 116 Å². The molecule has 1 fully saturated rings. The molecule has 0 bridgehead atoms. The molecule has 1 unspecified atom stereocenters. The number of ether oxygens (including phenoxy) is 1. The number of amidine groups is 1. The molecule has 1 aliphatic heterocycles. The largest absolute Gasteiger partial charge is 0.463 e. The summed E-state index contributed by atoms with van der Waals surface area (Å²) >= 11 is 0. The van der Waals surface area contributed by atoms with E-state index >= 15 is 0 Å². The van der Waals surface area contributed by atoms with Crippen molar-refractivity contribution in [2.24, 2.45) is 4.99 Å². The lowest BCUT2D eigenvalue weighted by atomic mass is 10.1. The second-order valence-corrected chi connectivity index (χ2v) is 4.84. The lowest BCUT2D eigenvalue weighted by Crippen LogP contribution is -2.34. The minimum Gasteiger partial charge on any atom is -0.463 e. The highest BCUT2D eigenvalue weighted by Gasteiger charge is 2.27. The predicted octanol–water partition coefficient (Wildman–Crippen LogP) is 3.35. The second kappa shape index (κ2) is 6.60. The Kier molecular flexibility index (Phi) is 4.83. The third-order valence-electron chi connectivity index (χ3n) is 3.55. The van der Waals surface area contributed by atoms with Crippen LogP contribution in [0, 0.1) is 0 Å². The molecule has 0 amide bonds. The molecule has 0 aromatic rings. The molecule has 0 radical (unpaired) electrons. The quantitative estimate of drug-likeness (QED) is 0.784. The lowest BCUT2D eigenvalue weighted by Gasteiger charge is -2.14. The number of hydrogen-bond donors (Lipinski definition) is 1. The van der Waals surface area contributed by atoms with E-state index in [1.165, 1.54) is 16.7 Å². The molecular formula is C16H24N2O. The zero-order valence-electron chi connectivity index (χ0n) is 12.2. The zero-order chi connectivity index (χ0) is 13.7. The zero-order valence-corrected chi connectivity index (χ0v) is 12.2. The van der Waals surface area contributed by atoms with Crippen LogP contribution in [0.5, 0.6) is 0 Å². The average molecular weight is 260 g/mol.